The lowest BCUT2D eigenvalue weighted by Gasteiger charge is -1.98. The average molecular weight is 185 g/mol. The zero-order valence-electron chi connectivity index (χ0n) is 8.59. The van der Waals surface area contributed by atoms with Crippen molar-refractivity contribution in [1.29, 1.82) is 5.26 Å². The molecule has 0 spiro atoms. The summed E-state index contributed by atoms with van der Waals surface area (Å²) in [6, 6.07) is 1.98. The zero-order chi connectivity index (χ0) is 10.6. The normalized spacial score (nSPS) is 20.6. The van der Waals surface area contributed by atoms with Crippen LogP contribution >= 0.6 is 0 Å². The Bertz CT molecular complexity index is 350. The van der Waals surface area contributed by atoms with Crippen LogP contribution in [0.3, 0.4) is 0 Å². The van der Waals surface area contributed by atoms with Crippen molar-refractivity contribution < 1.29 is 0 Å². The van der Waals surface area contributed by atoms with Gasteiger partial charge in [0.25, 0.3) is 0 Å². The minimum Gasteiger partial charge on any atom is -0.192 e. The highest BCUT2D eigenvalue weighted by Crippen LogP contribution is 2.28. The van der Waals surface area contributed by atoms with Crippen molar-refractivity contribution in [2.45, 2.75) is 19.8 Å². The van der Waals surface area contributed by atoms with Gasteiger partial charge in [-0.05, 0) is 36.0 Å². The summed E-state index contributed by atoms with van der Waals surface area (Å²) in [6.07, 6.45) is 8.15. The molecule has 1 unspecified atom stereocenters. The van der Waals surface area contributed by atoms with Crippen LogP contribution in [0.25, 0.3) is 0 Å². The third kappa shape index (κ3) is 2.74. The molecule has 0 saturated carbocycles. The van der Waals surface area contributed by atoms with Crippen LogP contribution in [-0.4, -0.2) is 0 Å². The highest BCUT2D eigenvalue weighted by atomic mass is 14.2. The van der Waals surface area contributed by atoms with Crippen molar-refractivity contribution in [1.82, 2.24) is 0 Å². The molecule has 1 atom stereocenters. The lowest BCUT2D eigenvalue weighted by atomic mass is 10.1. The quantitative estimate of drug-likeness (QED) is 0.487. The van der Waals surface area contributed by atoms with E-state index in [1.165, 1.54) is 12.0 Å². The number of hydrogen-bond donors (Lipinski definition) is 0. The molecule has 0 bridgehead atoms. The van der Waals surface area contributed by atoms with Crippen LogP contribution in [0.5, 0.6) is 0 Å². The summed E-state index contributed by atoms with van der Waals surface area (Å²) in [6.45, 7) is 9.76. The summed E-state index contributed by atoms with van der Waals surface area (Å²) in [5.74, 6) is 0.661. The first-order valence-electron chi connectivity index (χ1n) is 4.80. The van der Waals surface area contributed by atoms with Gasteiger partial charge in [0.05, 0.1) is 6.07 Å². The second kappa shape index (κ2) is 4.62. The van der Waals surface area contributed by atoms with Crippen LogP contribution < -0.4 is 0 Å². The van der Waals surface area contributed by atoms with E-state index in [4.69, 9.17) is 5.26 Å². The largest absolute Gasteiger partial charge is 0.192 e. The highest BCUT2D eigenvalue weighted by molar-refractivity contribution is 5.43. The van der Waals surface area contributed by atoms with E-state index in [-0.39, 0.29) is 0 Å². The molecule has 0 aromatic heterocycles. The first-order valence-corrected chi connectivity index (χ1v) is 4.80. The molecule has 0 saturated heterocycles. The fourth-order valence-electron chi connectivity index (χ4n) is 1.51. The highest BCUT2D eigenvalue weighted by Gasteiger charge is 2.11. The van der Waals surface area contributed by atoms with Gasteiger partial charge in [-0.1, -0.05) is 32.2 Å². The van der Waals surface area contributed by atoms with E-state index in [0.29, 0.717) is 11.5 Å². The van der Waals surface area contributed by atoms with Crippen molar-refractivity contribution in [3.8, 4) is 6.07 Å². The van der Waals surface area contributed by atoms with Crippen LogP contribution in [0.1, 0.15) is 19.8 Å². The summed E-state index contributed by atoms with van der Waals surface area (Å²) in [5.41, 5.74) is 2.78. The third-order valence-corrected chi connectivity index (χ3v) is 2.40. The Balaban J connectivity index is 2.60. The van der Waals surface area contributed by atoms with Crippen molar-refractivity contribution in [3.05, 3.63) is 48.1 Å². The van der Waals surface area contributed by atoms with Gasteiger partial charge in [-0.3, -0.25) is 0 Å². The average Bonchev–Trinajstić information content (AvgIpc) is 2.60. The van der Waals surface area contributed by atoms with Crippen molar-refractivity contribution in [3.63, 3.8) is 0 Å². The Morgan fingerprint density at radius 2 is 2.29 bits per heavy atom. The standard InChI is InChI=1S/C13H15N/c1-10-5-7-13(8-10)12(3)6-4-11(2)9-14/h4,6,8,10H,2-3,5,7H2,1H3/b6-4-. The van der Waals surface area contributed by atoms with Gasteiger partial charge >= 0.3 is 0 Å². The molecule has 0 aromatic rings. The first-order chi connectivity index (χ1) is 6.63. The minimum absolute atomic E-state index is 0.470. The second-order valence-electron chi connectivity index (χ2n) is 3.70. The van der Waals surface area contributed by atoms with E-state index >= 15 is 0 Å². The maximum atomic E-state index is 8.51. The zero-order valence-corrected chi connectivity index (χ0v) is 8.59. The molecule has 0 fully saturated rings. The van der Waals surface area contributed by atoms with Gasteiger partial charge in [-0.25, -0.2) is 0 Å². The van der Waals surface area contributed by atoms with Crippen LogP contribution in [0.15, 0.2) is 48.1 Å². The van der Waals surface area contributed by atoms with Crippen LogP contribution in [0.4, 0.5) is 0 Å². The number of hydrogen-bond acceptors (Lipinski definition) is 1. The van der Waals surface area contributed by atoms with E-state index in [1.807, 2.05) is 12.1 Å². The lowest BCUT2D eigenvalue weighted by Crippen LogP contribution is -1.79. The van der Waals surface area contributed by atoms with Gasteiger partial charge in [0.2, 0.25) is 0 Å². The molecule has 0 aromatic carbocycles. The van der Waals surface area contributed by atoms with Crippen molar-refractivity contribution >= 4 is 0 Å². The molecular formula is C13H15N. The van der Waals surface area contributed by atoms with Crippen LogP contribution in [0, 0.1) is 17.2 Å². The Hall–Kier alpha value is -1.55. The maximum Gasteiger partial charge on any atom is 0.0985 e. The first kappa shape index (κ1) is 10.5. The number of allylic oxidation sites excluding steroid dienone is 6. The summed E-state index contributed by atoms with van der Waals surface area (Å²) in [4.78, 5) is 0. The van der Waals surface area contributed by atoms with Gasteiger partial charge in [-0.15, -0.1) is 0 Å². The van der Waals surface area contributed by atoms with Gasteiger partial charge in [0.15, 0.2) is 0 Å². The molecule has 0 N–H and O–H groups in total. The summed E-state index contributed by atoms with van der Waals surface area (Å²) < 4.78 is 0. The molecule has 1 nitrogen and oxygen atoms in total. The predicted molar refractivity (Wildman–Crippen MR) is 59.5 cm³/mol. The van der Waals surface area contributed by atoms with Crippen molar-refractivity contribution in [2.24, 2.45) is 5.92 Å². The second-order valence-corrected chi connectivity index (χ2v) is 3.70. The molecule has 1 heteroatoms. The minimum atomic E-state index is 0.470. The smallest absolute Gasteiger partial charge is 0.0985 e. The Morgan fingerprint density at radius 3 is 2.79 bits per heavy atom. The lowest BCUT2D eigenvalue weighted by molar-refractivity contribution is 0.699. The fourth-order valence-corrected chi connectivity index (χ4v) is 1.51. The monoisotopic (exact) mass is 185 g/mol. The number of nitrogens with zero attached hydrogens (tertiary/aromatic N) is 1. The maximum absolute atomic E-state index is 8.51. The Kier molecular flexibility index (Phi) is 3.48. The van der Waals surface area contributed by atoms with Gasteiger partial charge in [0, 0.05) is 5.57 Å². The SMILES string of the molecule is C=C(C#N)/C=C\C(=C)C1=CC(C)CC1. The molecule has 1 aliphatic rings. The topological polar surface area (TPSA) is 23.8 Å². The van der Waals surface area contributed by atoms with E-state index in [0.717, 1.165) is 12.0 Å². The van der Waals surface area contributed by atoms with E-state index in [2.05, 4.69) is 26.2 Å². The Labute approximate surface area is 85.7 Å². The summed E-state index contributed by atoms with van der Waals surface area (Å²) >= 11 is 0. The third-order valence-electron chi connectivity index (χ3n) is 2.40. The Morgan fingerprint density at radius 1 is 1.57 bits per heavy atom. The summed E-state index contributed by atoms with van der Waals surface area (Å²) in [5, 5.41) is 8.51. The molecule has 0 heterocycles. The van der Waals surface area contributed by atoms with Gasteiger partial charge in [-0.2, -0.15) is 5.26 Å². The van der Waals surface area contributed by atoms with Crippen molar-refractivity contribution in [2.75, 3.05) is 0 Å². The summed E-state index contributed by atoms with van der Waals surface area (Å²) in [7, 11) is 0. The molecule has 14 heavy (non-hydrogen) atoms. The fraction of sp³-hybridized carbons (Fsp3) is 0.308. The molecular weight excluding hydrogens is 170 g/mol. The van der Waals surface area contributed by atoms with Crippen LogP contribution in [-0.2, 0) is 0 Å². The van der Waals surface area contributed by atoms with Gasteiger partial charge < -0.3 is 0 Å². The van der Waals surface area contributed by atoms with E-state index in [9.17, 15) is 0 Å². The number of rotatable bonds is 3. The molecule has 0 aliphatic heterocycles. The molecule has 1 aliphatic carbocycles. The number of nitriles is 1. The molecule has 1 rings (SSSR count). The van der Waals surface area contributed by atoms with E-state index < -0.39 is 0 Å². The van der Waals surface area contributed by atoms with Gasteiger partial charge in [0.1, 0.15) is 0 Å². The predicted octanol–water partition coefficient (Wildman–Crippen LogP) is 3.53. The molecule has 0 amide bonds. The van der Waals surface area contributed by atoms with Crippen LogP contribution in [0.2, 0.25) is 0 Å². The van der Waals surface area contributed by atoms with E-state index in [1.54, 1.807) is 6.08 Å². The molecule has 72 valence electrons. The molecule has 0 radical (unpaired) electrons.